The minimum atomic E-state index is 1.17. The van der Waals surface area contributed by atoms with Crippen LogP contribution >= 0.6 is 11.3 Å². The molecule has 0 amide bonds. The van der Waals surface area contributed by atoms with Crippen LogP contribution in [-0.4, -0.2) is 0 Å². The molecule has 3 rings (SSSR count). The fraction of sp³-hybridized carbons (Fsp3) is 0.188. The maximum absolute atomic E-state index is 2.34. The Morgan fingerprint density at radius 1 is 1.06 bits per heavy atom. The van der Waals surface area contributed by atoms with Crippen LogP contribution in [0.1, 0.15) is 35.8 Å². The smallest absolute Gasteiger partial charge is 0.0360 e. The molecule has 0 fully saturated rings. The second-order valence-electron chi connectivity index (χ2n) is 4.35. The van der Waals surface area contributed by atoms with E-state index >= 15 is 0 Å². The van der Waals surface area contributed by atoms with E-state index in [0.717, 1.165) is 0 Å². The predicted octanol–water partition coefficient (Wildman–Crippen LogP) is 5.02. The summed E-state index contributed by atoms with van der Waals surface area (Å²) >= 11 is 1.83. The Bertz CT molecular complexity index is 534. The van der Waals surface area contributed by atoms with Crippen LogP contribution in [0.4, 0.5) is 0 Å². The van der Waals surface area contributed by atoms with Gasteiger partial charge in [-0.1, -0.05) is 43.7 Å². The molecule has 0 aliphatic heterocycles. The van der Waals surface area contributed by atoms with Crippen molar-refractivity contribution in [3.8, 4) is 0 Å². The van der Waals surface area contributed by atoms with E-state index in [0.29, 0.717) is 0 Å². The third kappa shape index (κ3) is 1.85. The zero-order chi connectivity index (χ0) is 11.7. The molecular weight excluding hydrogens is 224 g/mol. The highest BCUT2D eigenvalue weighted by Gasteiger charge is 2.26. The van der Waals surface area contributed by atoms with Gasteiger partial charge in [-0.3, -0.25) is 0 Å². The van der Waals surface area contributed by atoms with Gasteiger partial charge in [-0.2, -0.15) is 0 Å². The van der Waals surface area contributed by atoms with E-state index in [-0.39, 0.29) is 0 Å². The fourth-order valence-electron chi connectivity index (χ4n) is 2.46. The van der Waals surface area contributed by atoms with Gasteiger partial charge < -0.3 is 0 Å². The Balaban J connectivity index is 2.06. The van der Waals surface area contributed by atoms with Gasteiger partial charge in [0.1, 0.15) is 0 Å². The molecule has 0 unspecified atom stereocenters. The van der Waals surface area contributed by atoms with E-state index in [1.165, 1.54) is 40.3 Å². The lowest BCUT2D eigenvalue weighted by Crippen LogP contribution is -1.98. The lowest BCUT2D eigenvalue weighted by Gasteiger charge is -2.13. The van der Waals surface area contributed by atoms with E-state index in [1.807, 2.05) is 11.3 Å². The summed E-state index contributed by atoms with van der Waals surface area (Å²) in [5, 5.41) is 2.16. The first kappa shape index (κ1) is 10.8. The topological polar surface area (TPSA) is 0 Å². The summed E-state index contributed by atoms with van der Waals surface area (Å²) in [5.41, 5.74) is 4.24. The highest BCUT2D eigenvalue weighted by Crippen LogP contribution is 2.44. The predicted molar refractivity (Wildman–Crippen MR) is 75.9 cm³/mol. The van der Waals surface area contributed by atoms with Crippen LogP contribution in [0.25, 0.3) is 11.6 Å². The Labute approximate surface area is 107 Å². The first-order chi connectivity index (χ1) is 8.40. The van der Waals surface area contributed by atoms with Crippen molar-refractivity contribution < 1.29 is 0 Å². The summed E-state index contributed by atoms with van der Waals surface area (Å²) in [7, 11) is 0. The van der Waals surface area contributed by atoms with Crippen LogP contribution in [0.5, 0.6) is 0 Å². The molecular formula is C16H15S. The minimum Gasteiger partial charge on any atom is -0.144 e. The Morgan fingerprint density at radius 3 is 2.71 bits per heavy atom. The number of benzene rings is 1. The van der Waals surface area contributed by atoms with Crippen molar-refractivity contribution in [1.29, 1.82) is 0 Å². The van der Waals surface area contributed by atoms with Crippen molar-refractivity contribution in [1.82, 2.24) is 0 Å². The van der Waals surface area contributed by atoms with Gasteiger partial charge in [0.05, 0.1) is 0 Å². The van der Waals surface area contributed by atoms with E-state index in [1.54, 1.807) is 0 Å². The highest BCUT2D eigenvalue weighted by atomic mass is 32.1. The quantitative estimate of drug-likeness (QED) is 0.705. The van der Waals surface area contributed by atoms with Gasteiger partial charge in [0.15, 0.2) is 0 Å². The van der Waals surface area contributed by atoms with Gasteiger partial charge in [0.2, 0.25) is 0 Å². The number of rotatable bonds is 3. The average Bonchev–Trinajstić information content (AvgIpc) is 2.97. The fourth-order valence-corrected chi connectivity index (χ4v) is 3.23. The van der Waals surface area contributed by atoms with Gasteiger partial charge in [0.25, 0.3) is 0 Å². The van der Waals surface area contributed by atoms with E-state index in [9.17, 15) is 0 Å². The minimum absolute atomic E-state index is 1.17. The third-order valence-corrected chi connectivity index (χ3v) is 4.10. The van der Waals surface area contributed by atoms with Crippen LogP contribution in [0, 0.1) is 5.92 Å². The Kier molecular flexibility index (Phi) is 2.86. The molecule has 85 valence electrons. The SMILES string of the molecule is CCC[C]1C(c2cccs2)=Cc2ccccc21. The molecule has 1 heteroatoms. The molecule has 17 heavy (non-hydrogen) atoms. The lowest BCUT2D eigenvalue weighted by atomic mass is 9.91. The molecule has 0 N–H and O–H groups in total. The molecule has 1 aliphatic carbocycles. The van der Waals surface area contributed by atoms with Crippen molar-refractivity contribution in [3.63, 3.8) is 0 Å². The van der Waals surface area contributed by atoms with Crippen molar-refractivity contribution in [2.24, 2.45) is 0 Å². The number of allylic oxidation sites excluding steroid dienone is 1. The standard InChI is InChI=1S/C16H15S/c1-2-6-14-13-8-4-3-7-12(13)11-15(14)16-9-5-10-17-16/h3-5,7-11H,2,6H2,1H3. The number of thiophene rings is 1. The van der Waals surface area contributed by atoms with E-state index in [2.05, 4.69) is 54.8 Å². The summed E-state index contributed by atoms with van der Waals surface area (Å²) in [4.78, 5) is 1.39. The van der Waals surface area contributed by atoms with E-state index < -0.39 is 0 Å². The number of hydrogen-bond donors (Lipinski definition) is 0. The summed E-state index contributed by atoms with van der Waals surface area (Å²) in [6, 6.07) is 13.1. The van der Waals surface area contributed by atoms with Crippen LogP contribution in [-0.2, 0) is 0 Å². The first-order valence-electron chi connectivity index (χ1n) is 6.11. The lowest BCUT2D eigenvalue weighted by molar-refractivity contribution is 0.873. The maximum atomic E-state index is 2.34. The number of hydrogen-bond acceptors (Lipinski definition) is 1. The Morgan fingerprint density at radius 2 is 1.94 bits per heavy atom. The van der Waals surface area contributed by atoms with Gasteiger partial charge in [0, 0.05) is 10.8 Å². The van der Waals surface area contributed by atoms with Crippen molar-refractivity contribution >= 4 is 23.0 Å². The molecule has 0 saturated heterocycles. The monoisotopic (exact) mass is 239 g/mol. The number of fused-ring (bicyclic) bond motifs is 1. The maximum Gasteiger partial charge on any atom is 0.0360 e. The van der Waals surface area contributed by atoms with Gasteiger partial charge >= 0.3 is 0 Å². The normalized spacial score (nSPS) is 14.8. The Hall–Kier alpha value is -1.34. The molecule has 2 aromatic rings. The van der Waals surface area contributed by atoms with E-state index in [4.69, 9.17) is 0 Å². The molecule has 0 nitrogen and oxygen atoms in total. The largest absolute Gasteiger partial charge is 0.144 e. The molecule has 1 radical (unpaired) electrons. The van der Waals surface area contributed by atoms with Gasteiger partial charge in [-0.15, -0.1) is 11.3 Å². The van der Waals surface area contributed by atoms with Crippen LogP contribution in [0.3, 0.4) is 0 Å². The first-order valence-corrected chi connectivity index (χ1v) is 6.99. The molecule has 0 bridgehead atoms. The summed E-state index contributed by atoms with van der Waals surface area (Å²) in [6.07, 6.45) is 4.71. The van der Waals surface area contributed by atoms with Crippen molar-refractivity contribution in [3.05, 3.63) is 63.7 Å². The van der Waals surface area contributed by atoms with Gasteiger partial charge in [-0.05, 0) is 40.6 Å². The molecule has 0 saturated carbocycles. The van der Waals surface area contributed by atoms with Crippen molar-refractivity contribution in [2.45, 2.75) is 19.8 Å². The molecule has 0 spiro atoms. The second-order valence-corrected chi connectivity index (χ2v) is 5.30. The molecule has 0 atom stereocenters. The molecule has 1 aromatic carbocycles. The molecule has 1 aromatic heterocycles. The molecule has 1 heterocycles. The summed E-state index contributed by atoms with van der Waals surface area (Å²) in [6.45, 7) is 2.25. The zero-order valence-electron chi connectivity index (χ0n) is 9.94. The highest BCUT2D eigenvalue weighted by molar-refractivity contribution is 7.11. The summed E-state index contributed by atoms with van der Waals surface area (Å²) in [5.74, 6) is 1.52. The van der Waals surface area contributed by atoms with Crippen LogP contribution in [0.2, 0.25) is 0 Å². The molecule has 1 aliphatic rings. The van der Waals surface area contributed by atoms with Gasteiger partial charge in [-0.25, -0.2) is 0 Å². The van der Waals surface area contributed by atoms with Crippen molar-refractivity contribution in [2.75, 3.05) is 0 Å². The van der Waals surface area contributed by atoms with Crippen LogP contribution in [0.15, 0.2) is 41.8 Å². The second kappa shape index (κ2) is 4.50. The summed E-state index contributed by atoms with van der Waals surface area (Å²) < 4.78 is 0. The zero-order valence-corrected chi connectivity index (χ0v) is 10.8. The average molecular weight is 239 g/mol. The van der Waals surface area contributed by atoms with Crippen LogP contribution < -0.4 is 0 Å². The third-order valence-electron chi connectivity index (χ3n) is 3.20.